The van der Waals surface area contributed by atoms with Crippen molar-refractivity contribution in [1.29, 1.82) is 0 Å². The average molecular weight is 350 g/mol. The molecule has 4 amide bonds. The van der Waals surface area contributed by atoms with E-state index in [1.807, 2.05) is 6.92 Å². The van der Waals surface area contributed by atoms with Gasteiger partial charge in [-0.3, -0.25) is 14.5 Å². The molecule has 0 bridgehead atoms. The maximum Gasteiger partial charge on any atom is 0.325 e. The lowest BCUT2D eigenvalue weighted by atomic mass is 9.64. The van der Waals surface area contributed by atoms with Crippen LogP contribution >= 0.6 is 0 Å². The van der Waals surface area contributed by atoms with Crippen molar-refractivity contribution in [2.45, 2.75) is 58.5 Å². The lowest BCUT2D eigenvalue weighted by Gasteiger charge is -2.43. The molecule has 3 rings (SSSR count). The van der Waals surface area contributed by atoms with Gasteiger partial charge in [0.1, 0.15) is 12.1 Å². The maximum atomic E-state index is 13.1. The first-order valence-electron chi connectivity index (χ1n) is 9.28. The first kappa shape index (κ1) is 18.2. The predicted molar refractivity (Wildman–Crippen MR) is 93.8 cm³/mol. The Hall–Kier alpha value is -1.63. The van der Waals surface area contributed by atoms with Crippen molar-refractivity contribution in [2.75, 3.05) is 26.2 Å². The number of amides is 4. The van der Waals surface area contributed by atoms with E-state index in [0.717, 1.165) is 24.4 Å². The second-order valence-electron chi connectivity index (χ2n) is 8.90. The van der Waals surface area contributed by atoms with Gasteiger partial charge >= 0.3 is 6.03 Å². The molecular formula is C18H30N4O3. The van der Waals surface area contributed by atoms with Gasteiger partial charge in [0, 0.05) is 25.7 Å². The molecule has 7 heteroatoms. The van der Waals surface area contributed by atoms with Gasteiger partial charge in [-0.25, -0.2) is 4.79 Å². The lowest BCUT2D eigenvalue weighted by Crippen LogP contribution is -2.56. The summed E-state index contributed by atoms with van der Waals surface area (Å²) in [4.78, 5) is 41.1. The van der Waals surface area contributed by atoms with Gasteiger partial charge < -0.3 is 15.5 Å². The van der Waals surface area contributed by atoms with Crippen LogP contribution in [0.4, 0.5) is 4.79 Å². The van der Waals surface area contributed by atoms with Crippen LogP contribution in [-0.4, -0.2) is 65.4 Å². The summed E-state index contributed by atoms with van der Waals surface area (Å²) in [6.45, 7) is 10.3. The summed E-state index contributed by atoms with van der Waals surface area (Å²) in [5.41, 5.74) is -0.846. The minimum atomic E-state index is -0.840. The molecule has 3 aliphatic rings. The summed E-state index contributed by atoms with van der Waals surface area (Å²) in [5.74, 6) is -0.0252. The fraction of sp³-hybridized carbons (Fsp3) is 0.833. The standard InChI is InChI=1S/C18H30N4O3/c1-12-7-17(3,4)11-18(8-12)15(24)22(16(25)20-18)10-14(23)21-6-5-19-9-13(21)2/h12-13,19H,5-11H2,1-4H3,(H,20,25). The van der Waals surface area contributed by atoms with Crippen molar-refractivity contribution in [3.05, 3.63) is 0 Å². The minimum Gasteiger partial charge on any atom is -0.336 e. The summed E-state index contributed by atoms with van der Waals surface area (Å²) in [6.07, 6.45) is 2.31. The highest BCUT2D eigenvalue weighted by Crippen LogP contribution is 2.46. The summed E-state index contributed by atoms with van der Waals surface area (Å²) >= 11 is 0. The van der Waals surface area contributed by atoms with Gasteiger partial charge in [0.25, 0.3) is 5.91 Å². The lowest BCUT2D eigenvalue weighted by molar-refractivity contribution is -0.142. The minimum absolute atomic E-state index is 0.00627. The van der Waals surface area contributed by atoms with Crippen LogP contribution in [0.25, 0.3) is 0 Å². The Bertz CT molecular complexity index is 591. The molecule has 3 fully saturated rings. The molecule has 2 aliphatic heterocycles. The van der Waals surface area contributed by atoms with Crippen molar-refractivity contribution in [1.82, 2.24) is 20.4 Å². The fourth-order valence-corrected chi connectivity index (χ4v) is 5.09. The largest absolute Gasteiger partial charge is 0.336 e. The summed E-state index contributed by atoms with van der Waals surface area (Å²) in [6, 6.07) is -0.351. The SMILES string of the molecule is CC1CC(C)(C)CC2(C1)NC(=O)N(CC(=O)N1CCNCC1C)C2=O. The third-order valence-corrected chi connectivity index (χ3v) is 5.74. The maximum absolute atomic E-state index is 13.1. The molecule has 3 unspecified atom stereocenters. The molecule has 1 aliphatic carbocycles. The Labute approximate surface area is 149 Å². The van der Waals surface area contributed by atoms with E-state index >= 15 is 0 Å². The molecule has 2 saturated heterocycles. The fourth-order valence-electron chi connectivity index (χ4n) is 5.09. The molecule has 1 saturated carbocycles. The highest BCUT2D eigenvalue weighted by atomic mass is 16.2. The van der Waals surface area contributed by atoms with Crippen LogP contribution in [0.15, 0.2) is 0 Å². The molecular weight excluding hydrogens is 320 g/mol. The number of piperazine rings is 1. The topological polar surface area (TPSA) is 81.8 Å². The van der Waals surface area contributed by atoms with Gasteiger partial charge in [0.15, 0.2) is 0 Å². The van der Waals surface area contributed by atoms with Crippen LogP contribution < -0.4 is 10.6 Å². The van der Waals surface area contributed by atoms with Crippen LogP contribution in [0.3, 0.4) is 0 Å². The zero-order valence-electron chi connectivity index (χ0n) is 15.7. The van der Waals surface area contributed by atoms with Crippen LogP contribution in [0.5, 0.6) is 0 Å². The molecule has 2 heterocycles. The Morgan fingerprint density at radius 2 is 1.96 bits per heavy atom. The molecule has 0 radical (unpaired) electrons. The van der Waals surface area contributed by atoms with E-state index < -0.39 is 11.6 Å². The van der Waals surface area contributed by atoms with Crippen LogP contribution in [0.2, 0.25) is 0 Å². The van der Waals surface area contributed by atoms with Crippen molar-refractivity contribution in [2.24, 2.45) is 11.3 Å². The van der Waals surface area contributed by atoms with Gasteiger partial charge in [0.05, 0.1) is 0 Å². The van der Waals surface area contributed by atoms with Crippen LogP contribution in [0, 0.1) is 11.3 Å². The summed E-state index contributed by atoms with van der Waals surface area (Å²) in [5, 5.41) is 6.17. The zero-order chi connectivity index (χ0) is 18.4. The number of carbonyl (C=O) groups excluding carboxylic acids is 3. The van der Waals surface area contributed by atoms with E-state index in [0.29, 0.717) is 25.3 Å². The van der Waals surface area contributed by atoms with E-state index in [2.05, 4.69) is 31.4 Å². The molecule has 0 aromatic heterocycles. The van der Waals surface area contributed by atoms with Gasteiger partial charge in [-0.15, -0.1) is 0 Å². The Morgan fingerprint density at radius 1 is 1.24 bits per heavy atom. The number of hydrogen-bond acceptors (Lipinski definition) is 4. The summed E-state index contributed by atoms with van der Waals surface area (Å²) < 4.78 is 0. The van der Waals surface area contributed by atoms with E-state index in [1.165, 1.54) is 0 Å². The van der Waals surface area contributed by atoms with Gasteiger partial charge in [-0.2, -0.15) is 0 Å². The van der Waals surface area contributed by atoms with Gasteiger partial charge in [-0.05, 0) is 37.5 Å². The Kier molecular flexibility index (Phi) is 4.56. The average Bonchev–Trinajstić information content (AvgIpc) is 2.69. The first-order chi connectivity index (χ1) is 11.6. The van der Waals surface area contributed by atoms with E-state index in [1.54, 1.807) is 4.90 Å². The number of carbonyl (C=O) groups is 3. The van der Waals surface area contributed by atoms with Crippen molar-refractivity contribution >= 4 is 17.8 Å². The highest BCUT2D eigenvalue weighted by Gasteiger charge is 2.56. The van der Waals surface area contributed by atoms with Crippen molar-refractivity contribution < 1.29 is 14.4 Å². The number of rotatable bonds is 2. The second kappa shape index (κ2) is 6.27. The molecule has 3 atom stereocenters. The number of nitrogens with one attached hydrogen (secondary N) is 2. The van der Waals surface area contributed by atoms with Crippen molar-refractivity contribution in [3.8, 4) is 0 Å². The molecule has 25 heavy (non-hydrogen) atoms. The predicted octanol–water partition coefficient (Wildman–Crippen LogP) is 0.944. The first-order valence-corrected chi connectivity index (χ1v) is 9.28. The molecule has 140 valence electrons. The van der Waals surface area contributed by atoms with E-state index in [-0.39, 0.29) is 29.8 Å². The Morgan fingerprint density at radius 3 is 2.60 bits per heavy atom. The third kappa shape index (κ3) is 3.38. The highest BCUT2D eigenvalue weighted by molar-refractivity contribution is 6.09. The number of imide groups is 1. The smallest absolute Gasteiger partial charge is 0.325 e. The molecule has 0 aromatic carbocycles. The second-order valence-corrected chi connectivity index (χ2v) is 8.90. The van der Waals surface area contributed by atoms with E-state index in [4.69, 9.17) is 0 Å². The Balaban J connectivity index is 1.74. The monoisotopic (exact) mass is 350 g/mol. The number of urea groups is 1. The third-order valence-electron chi connectivity index (χ3n) is 5.74. The molecule has 1 spiro atoms. The molecule has 2 N–H and O–H groups in total. The normalized spacial score (nSPS) is 35.2. The number of nitrogens with zero attached hydrogens (tertiary/aromatic N) is 2. The molecule has 7 nitrogen and oxygen atoms in total. The van der Waals surface area contributed by atoms with Crippen LogP contribution in [0.1, 0.15) is 47.0 Å². The van der Waals surface area contributed by atoms with Gasteiger partial charge in [-0.1, -0.05) is 20.8 Å². The van der Waals surface area contributed by atoms with Gasteiger partial charge in [0.2, 0.25) is 5.91 Å². The summed E-state index contributed by atoms with van der Waals surface area (Å²) in [7, 11) is 0. The van der Waals surface area contributed by atoms with Crippen LogP contribution in [-0.2, 0) is 9.59 Å². The number of hydrogen-bond donors (Lipinski definition) is 2. The molecule has 0 aromatic rings. The van der Waals surface area contributed by atoms with E-state index in [9.17, 15) is 14.4 Å². The van der Waals surface area contributed by atoms with Crippen molar-refractivity contribution in [3.63, 3.8) is 0 Å². The quantitative estimate of drug-likeness (QED) is 0.727. The zero-order valence-corrected chi connectivity index (χ0v) is 15.7.